The van der Waals surface area contributed by atoms with Gasteiger partial charge >= 0.3 is 0 Å². The zero-order valence-corrected chi connectivity index (χ0v) is 18.9. The van der Waals surface area contributed by atoms with Crippen LogP contribution in [0.3, 0.4) is 0 Å². The van der Waals surface area contributed by atoms with Crippen LogP contribution < -0.4 is 5.32 Å². The molecule has 168 valence electrons. The van der Waals surface area contributed by atoms with Gasteiger partial charge in [-0.1, -0.05) is 55.0 Å². The number of aromatic nitrogens is 2. The molecule has 2 aromatic carbocycles. The van der Waals surface area contributed by atoms with E-state index in [9.17, 15) is 9.59 Å². The van der Waals surface area contributed by atoms with Gasteiger partial charge in [-0.2, -0.15) is 5.10 Å². The fraction of sp³-hybridized carbons (Fsp3) is 0.346. The Hall–Kier alpha value is -3.41. The largest absolute Gasteiger partial charge is 0.349 e. The lowest BCUT2D eigenvalue weighted by Gasteiger charge is -2.20. The normalized spacial score (nSPS) is 11.7. The van der Waals surface area contributed by atoms with Crippen LogP contribution in [-0.4, -0.2) is 46.5 Å². The first kappa shape index (κ1) is 23.3. The Labute approximate surface area is 190 Å². The summed E-state index contributed by atoms with van der Waals surface area (Å²) in [4.78, 5) is 26.4. The summed E-state index contributed by atoms with van der Waals surface area (Å²) < 4.78 is 0. The van der Waals surface area contributed by atoms with Crippen LogP contribution in [0.15, 0.2) is 66.7 Å². The molecule has 0 bridgehead atoms. The summed E-state index contributed by atoms with van der Waals surface area (Å²) >= 11 is 0. The molecule has 0 saturated carbocycles. The molecule has 1 atom stereocenters. The molecule has 1 unspecified atom stereocenters. The lowest BCUT2D eigenvalue weighted by atomic mass is 10.1. The molecular weight excluding hydrogens is 400 g/mol. The van der Waals surface area contributed by atoms with Crippen LogP contribution in [0.2, 0.25) is 0 Å². The van der Waals surface area contributed by atoms with Crippen molar-refractivity contribution in [1.82, 2.24) is 20.4 Å². The number of aromatic amines is 1. The van der Waals surface area contributed by atoms with Gasteiger partial charge in [0.15, 0.2) is 0 Å². The number of unbranched alkanes of at least 4 members (excludes halogenated alkanes) is 2. The lowest BCUT2D eigenvalue weighted by molar-refractivity contribution is -0.130. The van der Waals surface area contributed by atoms with Crippen molar-refractivity contribution >= 4 is 11.8 Å². The third-order valence-corrected chi connectivity index (χ3v) is 5.46. The van der Waals surface area contributed by atoms with Crippen molar-refractivity contribution < 1.29 is 9.59 Å². The van der Waals surface area contributed by atoms with Gasteiger partial charge < -0.3 is 10.2 Å². The van der Waals surface area contributed by atoms with Gasteiger partial charge in [0.1, 0.15) is 0 Å². The van der Waals surface area contributed by atoms with E-state index in [2.05, 4.69) is 33.7 Å². The molecule has 6 heteroatoms. The van der Waals surface area contributed by atoms with Crippen molar-refractivity contribution in [3.05, 3.63) is 78.0 Å². The van der Waals surface area contributed by atoms with Crippen LogP contribution in [0, 0.1) is 0 Å². The van der Waals surface area contributed by atoms with Crippen molar-refractivity contribution in [1.29, 1.82) is 0 Å². The molecule has 0 aliphatic carbocycles. The molecule has 3 aromatic rings. The molecule has 0 spiro atoms. The highest BCUT2D eigenvalue weighted by molar-refractivity contribution is 5.94. The molecule has 0 aliphatic rings. The summed E-state index contributed by atoms with van der Waals surface area (Å²) in [6, 6.07) is 21.1. The van der Waals surface area contributed by atoms with Gasteiger partial charge in [0.05, 0.1) is 5.69 Å². The zero-order chi connectivity index (χ0) is 22.8. The molecule has 2 amide bonds. The Balaban J connectivity index is 1.31. The van der Waals surface area contributed by atoms with E-state index >= 15 is 0 Å². The molecule has 0 radical (unpaired) electrons. The van der Waals surface area contributed by atoms with Gasteiger partial charge in [-0.15, -0.1) is 0 Å². The summed E-state index contributed by atoms with van der Waals surface area (Å²) in [5.41, 5.74) is 3.83. The second-order valence-corrected chi connectivity index (χ2v) is 8.22. The number of nitrogens with one attached hydrogen (secondary N) is 2. The maximum Gasteiger partial charge on any atom is 0.251 e. The summed E-state index contributed by atoms with van der Waals surface area (Å²) in [5, 5.41) is 10.4. The van der Waals surface area contributed by atoms with E-state index in [0.717, 1.165) is 49.2 Å². The average molecular weight is 433 g/mol. The van der Waals surface area contributed by atoms with E-state index in [4.69, 9.17) is 0 Å². The predicted molar refractivity (Wildman–Crippen MR) is 127 cm³/mol. The summed E-state index contributed by atoms with van der Waals surface area (Å²) in [5.74, 6) is -0.102. The van der Waals surface area contributed by atoms with Crippen LogP contribution in [0.25, 0.3) is 11.3 Å². The first-order valence-electron chi connectivity index (χ1n) is 11.2. The second-order valence-electron chi connectivity index (χ2n) is 8.22. The van der Waals surface area contributed by atoms with E-state index in [1.54, 1.807) is 17.0 Å². The molecule has 1 heterocycles. The Morgan fingerprint density at radius 1 is 1.00 bits per heavy atom. The van der Waals surface area contributed by atoms with Crippen LogP contribution in [0.1, 0.15) is 48.7 Å². The highest BCUT2D eigenvalue weighted by Gasteiger charge is 2.16. The lowest BCUT2D eigenvalue weighted by Crippen LogP contribution is -2.38. The van der Waals surface area contributed by atoms with Crippen LogP contribution in [0.5, 0.6) is 0 Å². The first-order valence-corrected chi connectivity index (χ1v) is 11.2. The molecular formula is C26H32N4O2. The number of carbonyl (C=O) groups excluding carboxylic acids is 2. The number of benzene rings is 2. The first-order chi connectivity index (χ1) is 15.5. The fourth-order valence-electron chi connectivity index (χ4n) is 3.58. The van der Waals surface area contributed by atoms with Crippen LogP contribution in [-0.2, 0) is 11.2 Å². The van der Waals surface area contributed by atoms with Crippen molar-refractivity contribution in [2.75, 3.05) is 13.6 Å². The van der Waals surface area contributed by atoms with E-state index in [0.29, 0.717) is 12.0 Å². The average Bonchev–Trinajstić information content (AvgIpc) is 3.28. The summed E-state index contributed by atoms with van der Waals surface area (Å²) in [6.07, 6.45) is 4.28. The number of hydrogen-bond donors (Lipinski definition) is 2. The number of carbonyl (C=O) groups is 2. The Bertz CT molecular complexity index is 985. The molecule has 0 fully saturated rings. The van der Waals surface area contributed by atoms with Crippen molar-refractivity contribution in [2.24, 2.45) is 0 Å². The third kappa shape index (κ3) is 7.08. The number of nitrogens with zero attached hydrogens (tertiary/aromatic N) is 2. The zero-order valence-electron chi connectivity index (χ0n) is 18.9. The third-order valence-electron chi connectivity index (χ3n) is 5.46. The Kier molecular flexibility index (Phi) is 8.61. The monoisotopic (exact) mass is 432 g/mol. The molecule has 2 N–H and O–H groups in total. The SMILES string of the molecule is CC(CC(=O)N(C)CCCCCc1cc(-c2ccccc2)n[nH]1)NC(=O)c1ccccc1. The minimum Gasteiger partial charge on any atom is -0.349 e. The number of aryl methyl sites for hydroxylation is 1. The highest BCUT2D eigenvalue weighted by Crippen LogP contribution is 2.18. The summed E-state index contributed by atoms with van der Waals surface area (Å²) in [7, 11) is 1.83. The molecule has 0 aliphatic heterocycles. The number of hydrogen-bond acceptors (Lipinski definition) is 3. The van der Waals surface area contributed by atoms with E-state index < -0.39 is 0 Å². The van der Waals surface area contributed by atoms with E-state index in [1.807, 2.05) is 50.4 Å². The fourth-order valence-corrected chi connectivity index (χ4v) is 3.58. The minimum absolute atomic E-state index is 0.0481. The van der Waals surface area contributed by atoms with Crippen LogP contribution in [0.4, 0.5) is 0 Å². The second kappa shape index (κ2) is 11.8. The summed E-state index contributed by atoms with van der Waals surface area (Å²) in [6.45, 7) is 2.58. The van der Waals surface area contributed by atoms with Gasteiger partial charge in [0.2, 0.25) is 5.91 Å². The van der Waals surface area contributed by atoms with Crippen molar-refractivity contribution in [2.45, 2.75) is 45.1 Å². The number of rotatable bonds is 11. The maximum atomic E-state index is 12.5. The predicted octanol–water partition coefficient (Wildman–Crippen LogP) is 4.46. The number of amides is 2. The standard InChI is InChI=1S/C26H32N4O2/c1-20(27-26(32)22-14-8-4-9-15-22)18-25(31)30(2)17-11-5-10-16-23-19-24(29-28-23)21-12-6-3-7-13-21/h3-4,6-9,12-15,19-20H,5,10-11,16-18H2,1-2H3,(H,27,32)(H,28,29). The van der Waals surface area contributed by atoms with E-state index in [-0.39, 0.29) is 17.9 Å². The smallest absolute Gasteiger partial charge is 0.251 e. The van der Waals surface area contributed by atoms with E-state index in [1.165, 1.54) is 0 Å². The molecule has 6 nitrogen and oxygen atoms in total. The van der Waals surface area contributed by atoms with Gasteiger partial charge in [-0.05, 0) is 44.4 Å². The minimum atomic E-state index is -0.211. The van der Waals surface area contributed by atoms with Gasteiger partial charge in [-0.3, -0.25) is 14.7 Å². The van der Waals surface area contributed by atoms with Gasteiger partial charge in [0, 0.05) is 42.9 Å². The quantitative estimate of drug-likeness (QED) is 0.439. The van der Waals surface area contributed by atoms with Gasteiger partial charge in [0.25, 0.3) is 5.91 Å². The maximum absolute atomic E-state index is 12.5. The van der Waals surface area contributed by atoms with Crippen molar-refractivity contribution in [3.8, 4) is 11.3 Å². The Morgan fingerprint density at radius 2 is 1.69 bits per heavy atom. The molecule has 32 heavy (non-hydrogen) atoms. The highest BCUT2D eigenvalue weighted by atomic mass is 16.2. The topological polar surface area (TPSA) is 78.1 Å². The Morgan fingerprint density at radius 3 is 2.41 bits per heavy atom. The van der Waals surface area contributed by atoms with Crippen molar-refractivity contribution in [3.63, 3.8) is 0 Å². The van der Waals surface area contributed by atoms with Gasteiger partial charge in [-0.25, -0.2) is 0 Å². The number of H-pyrrole nitrogens is 1. The van der Waals surface area contributed by atoms with Crippen LogP contribution >= 0.6 is 0 Å². The molecule has 1 aromatic heterocycles. The molecule has 3 rings (SSSR count). The molecule has 0 saturated heterocycles.